The maximum atomic E-state index is 11.2. The molecular weight excluding hydrogens is 252 g/mol. The molecule has 20 heavy (non-hydrogen) atoms. The summed E-state index contributed by atoms with van der Waals surface area (Å²) in [5, 5.41) is 6.18. The SMILES string of the molecule is CCCNC1CCc2c(OCCC(=O)NC)cccc21. The Kier molecular flexibility index (Phi) is 5.41. The first-order chi connectivity index (χ1) is 9.76. The number of carbonyl (C=O) groups is 1. The highest BCUT2D eigenvalue weighted by Gasteiger charge is 2.24. The van der Waals surface area contributed by atoms with E-state index in [0.29, 0.717) is 19.1 Å². The van der Waals surface area contributed by atoms with Gasteiger partial charge in [0.25, 0.3) is 0 Å². The maximum Gasteiger partial charge on any atom is 0.223 e. The molecule has 0 spiro atoms. The number of amides is 1. The zero-order valence-corrected chi connectivity index (χ0v) is 12.4. The molecule has 0 bridgehead atoms. The molecule has 0 saturated heterocycles. The van der Waals surface area contributed by atoms with Crippen LogP contribution in [-0.2, 0) is 11.2 Å². The molecule has 0 aromatic heterocycles. The summed E-state index contributed by atoms with van der Waals surface area (Å²) < 4.78 is 5.79. The topological polar surface area (TPSA) is 50.4 Å². The Morgan fingerprint density at radius 1 is 1.45 bits per heavy atom. The third kappa shape index (κ3) is 3.51. The van der Waals surface area contributed by atoms with Gasteiger partial charge >= 0.3 is 0 Å². The summed E-state index contributed by atoms with van der Waals surface area (Å²) in [6.07, 6.45) is 3.73. The van der Waals surface area contributed by atoms with Gasteiger partial charge in [-0.2, -0.15) is 0 Å². The van der Waals surface area contributed by atoms with Gasteiger partial charge in [-0.15, -0.1) is 0 Å². The Hall–Kier alpha value is -1.55. The third-order valence-corrected chi connectivity index (χ3v) is 3.73. The summed E-state index contributed by atoms with van der Waals surface area (Å²) in [6, 6.07) is 6.68. The van der Waals surface area contributed by atoms with Gasteiger partial charge in [0.1, 0.15) is 5.75 Å². The number of benzene rings is 1. The van der Waals surface area contributed by atoms with Crippen molar-refractivity contribution in [2.75, 3.05) is 20.2 Å². The normalized spacial score (nSPS) is 16.8. The number of nitrogens with one attached hydrogen (secondary N) is 2. The fraction of sp³-hybridized carbons (Fsp3) is 0.562. The molecule has 0 fully saturated rings. The molecule has 0 aliphatic heterocycles. The first-order valence-electron chi connectivity index (χ1n) is 7.44. The zero-order chi connectivity index (χ0) is 14.4. The van der Waals surface area contributed by atoms with Crippen LogP contribution in [0.4, 0.5) is 0 Å². The minimum absolute atomic E-state index is 0.0139. The van der Waals surface area contributed by atoms with E-state index in [9.17, 15) is 4.79 Å². The minimum Gasteiger partial charge on any atom is -0.493 e. The molecule has 0 saturated carbocycles. The van der Waals surface area contributed by atoms with Crippen molar-refractivity contribution in [3.8, 4) is 5.75 Å². The van der Waals surface area contributed by atoms with Gasteiger partial charge < -0.3 is 15.4 Å². The summed E-state index contributed by atoms with van der Waals surface area (Å²) in [6.45, 7) is 3.66. The predicted octanol–water partition coefficient (Wildman–Crippen LogP) is 2.19. The zero-order valence-electron chi connectivity index (χ0n) is 12.4. The van der Waals surface area contributed by atoms with Crippen molar-refractivity contribution < 1.29 is 9.53 Å². The van der Waals surface area contributed by atoms with Gasteiger partial charge in [0.15, 0.2) is 0 Å². The van der Waals surface area contributed by atoms with Crippen LogP contribution < -0.4 is 15.4 Å². The van der Waals surface area contributed by atoms with Crippen LogP contribution in [0.1, 0.15) is 43.4 Å². The molecule has 1 unspecified atom stereocenters. The standard InChI is InChI=1S/C16H24N2O2/c1-3-10-18-14-8-7-13-12(14)5-4-6-15(13)20-11-9-16(19)17-2/h4-6,14,18H,3,7-11H2,1-2H3,(H,17,19). The second-order valence-electron chi connectivity index (χ2n) is 5.14. The molecule has 110 valence electrons. The van der Waals surface area contributed by atoms with E-state index in [0.717, 1.165) is 31.6 Å². The fourth-order valence-electron chi connectivity index (χ4n) is 2.67. The van der Waals surface area contributed by atoms with Crippen LogP contribution in [0.15, 0.2) is 18.2 Å². The Morgan fingerprint density at radius 3 is 3.05 bits per heavy atom. The van der Waals surface area contributed by atoms with Crippen molar-refractivity contribution >= 4 is 5.91 Å². The second kappa shape index (κ2) is 7.29. The van der Waals surface area contributed by atoms with Crippen molar-refractivity contribution in [3.05, 3.63) is 29.3 Å². The van der Waals surface area contributed by atoms with Crippen molar-refractivity contribution in [2.45, 2.75) is 38.6 Å². The summed E-state index contributed by atoms with van der Waals surface area (Å²) in [5.41, 5.74) is 2.66. The van der Waals surface area contributed by atoms with Crippen molar-refractivity contribution in [1.82, 2.24) is 10.6 Å². The van der Waals surface area contributed by atoms with Gasteiger partial charge in [-0.25, -0.2) is 0 Å². The van der Waals surface area contributed by atoms with Crippen molar-refractivity contribution in [2.24, 2.45) is 0 Å². The number of hydrogen-bond donors (Lipinski definition) is 2. The molecular formula is C16H24N2O2. The summed E-state index contributed by atoms with van der Waals surface area (Å²) in [4.78, 5) is 11.2. The lowest BCUT2D eigenvalue weighted by Gasteiger charge is -2.14. The molecule has 1 aliphatic carbocycles. The first-order valence-corrected chi connectivity index (χ1v) is 7.44. The number of fused-ring (bicyclic) bond motifs is 1. The van der Waals surface area contributed by atoms with Gasteiger partial charge in [0.05, 0.1) is 13.0 Å². The molecule has 1 atom stereocenters. The van der Waals surface area contributed by atoms with Crippen LogP contribution in [0, 0.1) is 0 Å². The number of rotatable bonds is 7. The number of carbonyl (C=O) groups excluding carboxylic acids is 1. The molecule has 1 amide bonds. The average Bonchev–Trinajstić information content (AvgIpc) is 2.89. The molecule has 0 heterocycles. The third-order valence-electron chi connectivity index (χ3n) is 3.73. The molecule has 4 heteroatoms. The van der Waals surface area contributed by atoms with Crippen molar-refractivity contribution in [1.29, 1.82) is 0 Å². The Morgan fingerprint density at radius 2 is 2.30 bits per heavy atom. The molecule has 2 N–H and O–H groups in total. The van der Waals surface area contributed by atoms with Crippen LogP contribution >= 0.6 is 0 Å². The Balaban J connectivity index is 1.98. The maximum absolute atomic E-state index is 11.2. The summed E-state index contributed by atoms with van der Waals surface area (Å²) >= 11 is 0. The number of ether oxygens (including phenoxy) is 1. The summed E-state index contributed by atoms with van der Waals surface area (Å²) in [5.74, 6) is 0.951. The van der Waals surface area contributed by atoms with Gasteiger partial charge in [-0.3, -0.25) is 4.79 Å². The van der Waals surface area contributed by atoms with Gasteiger partial charge in [-0.05, 0) is 43.0 Å². The van der Waals surface area contributed by atoms with E-state index in [-0.39, 0.29) is 5.91 Å². The van der Waals surface area contributed by atoms with Crippen LogP contribution in [0.5, 0.6) is 5.75 Å². The highest BCUT2D eigenvalue weighted by atomic mass is 16.5. The Bertz CT molecular complexity index is 460. The highest BCUT2D eigenvalue weighted by molar-refractivity contribution is 5.75. The van der Waals surface area contributed by atoms with Crippen molar-refractivity contribution in [3.63, 3.8) is 0 Å². The van der Waals surface area contributed by atoms with E-state index in [4.69, 9.17) is 4.74 Å². The summed E-state index contributed by atoms with van der Waals surface area (Å²) in [7, 11) is 1.65. The van der Waals surface area contributed by atoms with E-state index in [1.807, 2.05) is 12.1 Å². The van der Waals surface area contributed by atoms with Crippen LogP contribution in [0.3, 0.4) is 0 Å². The molecule has 4 nitrogen and oxygen atoms in total. The van der Waals surface area contributed by atoms with E-state index in [1.54, 1.807) is 7.05 Å². The van der Waals surface area contributed by atoms with Gasteiger partial charge in [0, 0.05) is 13.1 Å². The quantitative estimate of drug-likeness (QED) is 0.802. The fourth-order valence-corrected chi connectivity index (χ4v) is 2.67. The predicted molar refractivity (Wildman–Crippen MR) is 80.0 cm³/mol. The van der Waals surface area contributed by atoms with E-state index >= 15 is 0 Å². The number of hydrogen-bond acceptors (Lipinski definition) is 3. The molecule has 2 rings (SSSR count). The van der Waals surface area contributed by atoms with E-state index < -0.39 is 0 Å². The molecule has 1 aliphatic rings. The van der Waals surface area contributed by atoms with E-state index in [1.165, 1.54) is 11.1 Å². The monoisotopic (exact) mass is 276 g/mol. The smallest absolute Gasteiger partial charge is 0.223 e. The minimum atomic E-state index is 0.0139. The van der Waals surface area contributed by atoms with Crippen LogP contribution in [0.2, 0.25) is 0 Å². The highest BCUT2D eigenvalue weighted by Crippen LogP contribution is 2.36. The van der Waals surface area contributed by atoms with Crippen LogP contribution in [0.25, 0.3) is 0 Å². The average molecular weight is 276 g/mol. The lowest BCUT2D eigenvalue weighted by molar-refractivity contribution is -0.121. The molecule has 0 radical (unpaired) electrons. The van der Waals surface area contributed by atoms with Crippen LogP contribution in [-0.4, -0.2) is 26.1 Å². The lowest BCUT2D eigenvalue weighted by Crippen LogP contribution is -2.20. The Labute approximate surface area is 120 Å². The first kappa shape index (κ1) is 14.9. The molecule has 1 aromatic carbocycles. The van der Waals surface area contributed by atoms with E-state index in [2.05, 4.69) is 23.6 Å². The molecule has 1 aromatic rings. The second-order valence-corrected chi connectivity index (χ2v) is 5.14. The van der Waals surface area contributed by atoms with Gasteiger partial charge in [-0.1, -0.05) is 19.1 Å². The lowest BCUT2D eigenvalue weighted by atomic mass is 10.1. The van der Waals surface area contributed by atoms with Gasteiger partial charge in [0.2, 0.25) is 5.91 Å². The largest absolute Gasteiger partial charge is 0.493 e.